The third-order valence-corrected chi connectivity index (χ3v) is 3.55. The molecule has 0 atom stereocenters. The number of aromatic nitrogens is 2. The van der Waals surface area contributed by atoms with Crippen molar-refractivity contribution in [1.29, 1.82) is 0 Å². The zero-order valence-electron chi connectivity index (χ0n) is 11.3. The van der Waals surface area contributed by atoms with Gasteiger partial charge in [-0.1, -0.05) is 60.7 Å². The Kier molecular flexibility index (Phi) is 2.75. The molecule has 0 bridgehead atoms. The van der Waals surface area contributed by atoms with Crippen molar-refractivity contribution in [2.24, 2.45) is 5.10 Å². The maximum Gasteiger partial charge on any atom is 0.118 e. The van der Waals surface area contributed by atoms with E-state index < -0.39 is 0 Å². The monoisotopic (exact) mass is 271 g/mol. The zero-order valence-corrected chi connectivity index (χ0v) is 11.3. The fraction of sp³-hybridized carbons (Fsp3) is 0. The van der Waals surface area contributed by atoms with Gasteiger partial charge in [0.25, 0.3) is 0 Å². The van der Waals surface area contributed by atoms with Crippen LogP contribution in [0.15, 0.2) is 78.2 Å². The molecule has 4 aromatic rings. The quantitative estimate of drug-likeness (QED) is 0.505. The fourth-order valence-corrected chi connectivity index (χ4v) is 2.50. The number of hydrogen-bond donors (Lipinski definition) is 0. The molecule has 0 N–H and O–H groups in total. The summed E-state index contributed by atoms with van der Waals surface area (Å²) < 4.78 is 1.81. The Balaban J connectivity index is 1.84. The van der Waals surface area contributed by atoms with Crippen molar-refractivity contribution < 1.29 is 0 Å². The highest BCUT2D eigenvalue weighted by atomic mass is 15.4. The maximum absolute atomic E-state index is 4.51. The molecular formula is C18H13N3. The summed E-state index contributed by atoms with van der Waals surface area (Å²) in [6.07, 6.45) is 3.60. The second-order valence-corrected chi connectivity index (χ2v) is 4.90. The summed E-state index contributed by atoms with van der Waals surface area (Å²) >= 11 is 0. The predicted molar refractivity (Wildman–Crippen MR) is 86.7 cm³/mol. The molecule has 3 nitrogen and oxygen atoms in total. The molecule has 1 aromatic heterocycles. The fourth-order valence-electron chi connectivity index (χ4n) is 2.50. The van der Waals surface area contributed by atoms with E-state index in [-0.39, 0.29) is 0 Å². The second-order valence-electron chi connectivity index (χ2n) is 4.90. The van der Waals surface area contributed by atoms with Crippen LogP contribution < -0.4 is 0 Å². The maximum atomic E-state index is 4.51. The van der Waals surface area contributed by atoms with Gasteiger partial charge in [-0.2, -0.15) is 5.10 Å². The minimum absolute atomic E-state index is 0.985. The first-order chi connectivity index (χ1) is 10.4. The van der Waals surface area contributed by atoms with E-state index in [0.717, 1.165) is 22.0 Å². The third-order valence-electron chi connectivity index (χ3n) is 3.55. The molecule has 0 amide bonds. The van der Waals surface area contributed by atoms with Crippen LogP contribution in [0.5, 0.6) is 0 Å². The number of rotatable bonds is 2. The van der Waals surface area contributed by atoms with Crippen LogP contribution in [0.25, 0.3) is 21.8 Å². The average Bonchev–Trinajstić information content (AvgIpc) is 2.97. The van der Waals surface area contributed by atoms with Gasteiger partial charge >= 0.3 is 0 Å². The molecule has 1 heterocycles. The highest BCUT2D eigenvalue weighted by Crippen LogP contribution is 2.23. The van der Waals surface area contributed by atoms with Gasteiger partial charge in [0.05, 0.1) is 17.2 Å². The lowest BCUT2D eigenvalue weighted by Gasteiger charge is -1.99. The van der Waals surface area contributed by atoms with Gasteiger partial charge in [-0.15, -0.1) is 0 Å². The minimum Gasteiger partial charge on any atom is -0.234 e. The van der Waals surface area contributed by atoms with Gasteiger partial charge in [-0.3, -0.25) is 0 Å². The molecule has 21 heavy (non-hydrogen) atoms. The van der Waals surface area contributed by atoms with Gasteiger partial charge in [0.2, 0.25) is 0 Å². The Bertz CT molecular complexity index is 936. The van der Waals surface area contributed by atoms with Crippen LogP contribution >= 0.6 is 0 Å². The van der Waals surface area contributed by atoms with E-state index in [0.29, 0.717) is 0 Å². The molecule has 0 aliphatic carbocycles. The highest BCUT2D eigenvalue weighted by Gasteiger charge is 2.05. The van der Waals surface area contributed by atoms with Crippen molar-refractivity contribution >= 4 is 28.0 Å². The second kappa shape index (κ2) is 4.87. The molecule has 0 fully saturated rings. The molecule has 0 saturated heterocycles. The Labute approximate surface area is 122 Å². The van der Waals surface area contributed by atoms with E-state index in [4.69, 9.17) is 0 Å². The molecule has 100 valence electrons. The molecule has 0 saturated carbocycles. The van der Waals surface area contributed by atoms with Crippen molar-refractivity contribution in [3.05, 3.63) is 78.6 Å². The predicted octanol–water partition coefficient (Wildman–Crippen LogP) is 4.07. The van der Waals surface area contributed by atoms with E-state index in [1.165, 1.54) is 5.39 Å². The van der Waals surface area contributed by atoms with E-state index >= 15 is 0 Å². The summed E-state index contributed by atoms with van der Waals surface area (Å²) in [7, 11) is 0. The number of fused-ring (bicyclic) bond motifs is 3. The van der Waals surface area contributed by atoms with Crippen LogP contribution in [-0.2, 0) is 0 Å². The van der Waals surface area contributed by atoms with Crippen molar-refractivity contribution in [2.75, 3.05) is 0 Å². The molecular weight excluding hydrogens is 258 g/mol. The number of imidazole rings is 1. The van der Waals surface area contributed by atoms with Crippen molar-refractivity contribution in [3.8, 4) is 0 Å². The summed E-state index contributed by atoms with van der Waals surface area (Å²) in [4.78, 5) is 4.51. The number of benzene rings is 3. The zero-order chi connectivity index (χ0) is 14.1. The Morgan fingerprint density at radius 1 is 0.857 bits per heavy atom. The summed E-state index contributed by atoms with van der Waals surface area (Å²) in [5.41, 5.74) is 3.07. The summed E-state index contributed by atoms with van der Waals surface area (Å²) in [6.45, 7) is 0. The van der Waals surface area contributed by atoms with E-state index in [2.05, 4.69) is 34.4 Å². The molecule has 0 spiro atoms. The molecule has 3 aromatic carbocycles. The third kappa shape index (κ3) is 2.09. The van der Waals surface area contributed by atoms with Crippen LogP contribution in [-0.4, -0.2) is 15.9 Å². The van der Waals surface area contributed by atoms with Crippen LogP contribution in [0.3, 0.4) is 0 Å². The Hall–Kier alpha value is -2.94. The first kappa shape index (κ1) is 11.9. The van der Waals surface area contributed by atoms with Gasteiger partial charge < -0.3 is 0 Å². The topological polar surface area (TPSA) is 30.2 Å². The highest BCUT2D eigenvalue weighted by molar-refractivity contribution is 6.04. The van der Waals surface area contributed by atoms with Gasteiger partial charge in [-0.05, 0) is 17.0 Å². The normalized spacial score (nSPS) is 11.6. The number of nitrogens with zero attached hydrogens (tertiary/aromatic N) is 3. The molecule has 4 rings (SSSR count). The van der Waals surface area contributed by atoms with Gasteiger partial charge in [0.15, 0.2) is 0 Å². The lowest BCUT2D eigenvalue weighted by molar-refractivity contribution is 0.914. The standard InChI is InChI=1S/C18H13N3/c1-2-6-14(7-3-1)12-20-21-13-19-18-16-9-5-4-8-15(16)10-11-17(18)21/h1-13H/b20-12+. The average molecular weight is 271 g/mol. The first-order valence-electron chi connectivity index (χ1n) is 6.86. The first-order valence-corrected chi connectivity index (χ1v) is 6.86. The van der Waals surface area contributed by atoms with Crippen molar-refractivity contribution in [2.45, 2.75) is 0 Å². The van der Waals surface area contributed by atoms with Crippen LogP contribution in [0, 0.1) is 0 Å². The lowest BCUT2D eigenvalue weighted by atomic mass is 10.1. The molecule has 0 unspecified atom stereocenters. The summed E-state index contributed by atoms with van der Waals surface area (Å²) in [5, 5.41) is 6.85. The van der Waals surface area contributed by atoms with Gasteiger partial charge in [0, 0.05) is 5.39 Å². The molecule has 0 aliphatic heterocycles. The van der Waals surface area contributed by atoms with Gasteiger partial charge in [0.1, 0.15) is 6.33 Å². The Morgan fingerprint density at radius 3 is 2.57 bits per heavy atom. The largest absolute Gasteiger partial charge is 0.234 e. The minimum atomic E-state index is 0.985. The van der Waals surface area contributed by atoms with Crippen molar-refractivity contribution in [3.63, 3.8) is 0 Å². The van der Waals surface area contributed by atoms with E-state index in [1.807, 2.05) is 53.4 Å². The van der Waals surface area contributed by atoms with E-state index in [1.54, 1.807) is 6.33 Å². The smallest absolute Gasteiger partial charge is 0.118 e. The van der Waals surface area contributed by atoms with Crippen molar-refractivity contribution in [1.82, 2.24) is 9.66 Å². The van der Waals surface area contributed by atoms with Gasteiger partial charge in [-0.25, -0.2) is 9.66 Å². The molecule has 0 aliphatic rings. The summed E-state index contributed by atoms with van der Waals surface area (Å²) in [6, 6.07) is 22.5. The van der Waals surface area contributed by atoms with Crippen LogP contribution in [0.4, 0.5) is 0 Å². The van der Waals surface area contributed by atoms with Crippen LogP contribution in [0.2, 0.25) is 0 Å². The van der Waals surface area contributed by atoms with Crippen LogP contribution in [0.1, 0.15) is 5.56 Å². The molecule has 3 heteroatoms. The lowest BCUT2D eigenvalue weighted by Crippen LogP contribution is -1.88. The Morgan fingerprint density at radius 2 is 1.67 bits per heavy atom. The molecule has 0 radical (unpaired) electrons. The number of hydrogen-bond acceptors (Lipinski definition) is 2. The summed E-state index contributed by atoms with van der Waals surface area (Å²) in [5.74, 6) is 0. The van der Waals surface area contributed by atoms with E-state index in [9.17, 15) is 0 Å². The SMILES string of the molecule is C(=N\n1cnc2c3ccccc3ccc21)/c1ccccc1.